The lowest BCUT2D eigenvalue weighted by Crippen LogP contribution is -2.25. The third kappa shape index (κ3) is 3.72. The van der Waals surface area contributed by atoms with Crippen LogP contribution in [0, 0.1) is 5.92 Å². The molecule has 4 nitrogen and oxygen atoms in total. The molecule has 0 aromatic heterocycles. The summed E-state index contributed by atoms with van der Waals surface area (Å²) in [5, 5.41) is 2.93. The molecular weight excluding hydrogens is 266 g/mol. The number of esters is 1. The zero-order valence-electron chi connectivity index (χ0n) is 12.4. The van der Waals surface area contributed by atoms with Crippen molar-refractivity contribution >= 4 is 23.1 Å². The Balaban J connectivity index is 2.14. The Bertz CT molecular complexity index is 545. The average molecular weight is 287 g/mol. The smallest absolute Gasteiger partial charge is 0.337 e. The molecule has 0 atom stereocenters. The number of rotatable bonds is 4. The molecule has 1 N–H and O–H groups in total. The van der Waals surface area contributed by atoms with Crippen LogP contribution in [0.25, 0.3) is 5.57 Å². The summed E-state index contributed by atoms with van der Waals surface area (Å²) in [7, 11) is 1.32. The van der Waals surface area contributed by atoms with Gasteiger partial charge in [0.2, 0.25) is 5.91 Å². The molecule has 0 bridgehead atoms. The molecule has 1 aromatic carbocycles. The Hall–Kier alpha value is -2.10. The van der Waals surface area contributed by atoms with Crippen LogP contribution in [0.15, 0.2) is 30.8 Å². The summed E-state index contributed by atoms with van der Waals surface area (Å²) in [4.78, 5) is 23.9. The van der Waals surface area contributed by atoms with Crippen LogP contribution >= 0.6 is 0 Å². The summed E-state index contributed by atoms with van der Waals surface area (Å²) < 4.78 is 4.69. The molecule has 0 unspecified atom stereocenters. The zero-order chi connectivity index (χ0) is 15.2. The topological polar surface area (TPSA) is 55.4 Å². The van der Waals surface area contributed by atoms with E-state index < -0.39 is 5.97 Å². The van der Waals surface area contributed by atoms with Crippen molar-refractivity contribution in [3.63, 3.8) is 0 Å². The Morgan fingerprint density at radius 3 is 2.52 bits per heavy atom. The Morgan fingerprint density at radius 1 is 1.19 bits per heavy atom. The van der Waals surface area contributed by atoms with Gasteiger partial charge in [0.05, 0.1) is 12.7 Å². The minimum absolute atomic E-state index is 0.0276. The van der Waals surface area contributed by atoms with E-state index in [9.17, 15) is 9.59 Å². The maximum absolute atomic E-state index is 12.3. The normalized spacial score (nSPS) is 15.3. The highest BCUT2D eigenvalue weighted by Crippen LogP contribution is 2.27. The molecule has 1 aliphatic rings. The van der Waals surface area contributed by atoms with E-state index >= 15 is 0 Å². The number of carbonyl (C=O) groups is 2. The number of nitrogens with one attached hydrogen (secondary N) is 1. The van der Waals surface area contributed by atoms with Crippen LogP contribution in [-0.2, 0) is 14.3 Å². The van der Waals surface area contributed by atoms with Gasteiger partial charge in [0.25, 0.3) is 0 Å². The fraction of sp³-hybridized carbons (Fsp3) is 0.412. The van der Waals surface area contributed by atoms with Gasteiger partial charge in [-0.1, -0.05) is 44.0 Å². The molecule has 0 heterocycles. The number of carbonyl (C=O) groups excluding carboxylic acids is 2. The standard InChI is InChI=1S/C17H21NO3/c1-12(17(20)21-2)14-10-6-7-11-15(14)18-16(19)13-8-4-3-5-9-13/h6-7,10-11,13H,1,3-5,8-9H2,2H3,(H,18,19). The van der Waals surface area contributed by atoms with Gasteiger partial charge in [-0.25, -0.2) is 4.79 Å². The van der Waals surface area contributed by atoms with E-state index in [2.05, 4.69) is 11.9 Å². The van der Waals surface area contributed by atoms with Gasteiger partial charge in [-0.3, -0.25) is 4.79 Å². The first-order valence-corrected chi connectivity index (χ1v) is 7.31. The van der Waals surface area contributed by atoms with Gasteiger partial charge in [0.1, 0.15) is 0 Å². The van der Waals surface area contributed by atoms with E-state index in [4.69, 9.17) is 4.74 Å². The predicted octanol–water partition coefficient (Wildman–Crippen LogP) is 3.39. The number of hydrogen-bond donors (Lipinski definition) is 1. The van der Waals surface area contributed by atoms with Crippen LogP contribution in [-0.4, -0.2) is 19.0 Å². The minimum atomic E-state index is -0.491. The van der Waals surface area contributed by atoms with Crippen LogP contribution in [0.4, 0.5) is 5.69 Å². The largest absolute Gasteiger partial charge is 0.465 e. The quantitative estimate of drug-likeness (QED) is 0.682. The fourth-order valence-electron chi connectivity index (χ4n) is 2.69. The van der Waals surface area contributed by atoms with Crippen LogP contribution in [0.5, 0.6) is 0 Å². The lowest BCUT2D eigenvalue weighted by molar-refractivity contribution is -0.133. The molecule has 1 aromatic rings. The Kier molecular flexibility index (Phi) is 5.14. The van der Waals surface area contributed by atoms with Crippen molar-refractivity contribution in [1.29, 1.82) is 0 Å². The molecule has 1 saturated carbocycles. The first-order valence-electron chi connectivity index (χ1n) is 7.31. The summed E-state index contributed by atoms with van der Waals surface area (Å²) in [6.07, 6.45) is 5.29. The highest BCUT2D eigenvalue weighted by Gasteiger charge is 2.22. The minimum Gasteiger partial charge on any atom is -0.465 e. The molecule has 1 fully saturated rings. The molecular formula is C17H21NO3. The van der Waals surface area contributed by atoms with Crippen molar-refractivity contribution in [2.45, 2.75) is 32.1 Å². The van der Waals surface area contributed by atoms with E-state index in [0.717, 1.165) is 25.7 Å². The summed E-state index contributed by atoms with van der Waals surface area (Å²) in [6, 6.07) is 7.17. The van der Waals surface area contributed by atoms with Crippen molar-refractivity contribution in [3.05, 3.63) is 36.4 Å². The van der Waals surface area contributed by atoms with E-state index in [1.807, 2.05) is 6.07 Å². The number of amides is 1. The fourth-order valence-corrected chi connectivity index (χ4v) is 2.69. The molecule has 112 valence electrons. The van der Waals surface area contributed by atoms with E-state index in [0.29, 0.717) is 11.3 Å². The SMILES string of the molecule is C=C(C(=O)OC)c1ccccc1NC(=O)C1CCCCC1. The molecule has 1 aliphatic carbocycles. The van der Waals surface area contributed by atoms with Crippen LogP contribution in [0.2, 0.25) is 0 Å². The third-order valence-corrected chi connectivity index (χ3v) is 3.92. The van der Waals surface area contributed by atoms with Crippen molar-refractivity contribution in [2.75, 3.05) is 12.4 Å². The molecule has 0 aliphatic heterocycles. The summed E-state index contributed by atoms with van der Waals surface area (Å²) in [5.74, 6) is -0.396. The van der Waals surface area contributed by atoms with Crippen molar-refractivity contribution < 1.29 is 14.3 Å². The number of hydrogen-bond acceptors (Lipinski definition) is 3. The number of ether oxygens (including phenoxy) is 1. The molecule has 0 radical (unpaired) electrons. The van der Waals surface area contributed by atoms with Crippen LogP contribution < -0.4 is 5.32 Å². The highest BCUT2D eigenvalue weighted by molar-refractivity contribution is 6.17. The third-order valence-electron chi connectivity index (χ3n) is 3.92. The van der Waals surface area contributed by atoms with Crippen LogP contribution in [0.1, 0.15) is 37.7 Å². The van der Waals surface area contributed by atoms with Crippen molar-refractivity contribution in [1.82, 2.24) is 0 Å². The molecule has 0 spiro atoms. The van der Waals surface area contributed by atoms with E-state index in [1.54, 1.807) is 18.2 Å². The monoisotopic (exact) mass is 287 g/mol. The summed E-state index contributed by atoms with van der Waals surface area (Å²) in [5.41, 5.74) is 1.47. The number of anilines is 1. The first kappa shape index (κ1) is 15.3. The van der Waals surface area contributed by atoms with Gasteiger partial charge in [0.15, 0.2) is 0 Å². The lowest BCUT2D eigenvalue weighted by Gasteiger charge is -2.21. The van der Waals surface area contributed by atoms with Gasteiger partial charge < -0.3 is 10.1 Å². The molecule has 0 saturated heterocycles. The van der Waals surface area contributed by atoms with Crippen molar-refractivity contribution in [2.24, 2.45) is 5.92 Å². The van der Waals surface area contributed by atoms with Gasteiger partial charge in [-0.15, -0.1) is 0 Å². The maximum atomic E-state index is 12.3. The van der Waals surface area contributed by atoms with Crippen molar-refractivity contribution in [3.8, 4) is 0 Å². The molecule has 1 amide bonds. The van der Waals surface area contributed by atoms with Crippen LogP contribution in [0.3, 0.4) is 0 Å². The lowest BCUT2D eigenvalue weighted by atomic mass is 9.88. The highest BCUT2D eigenvalue weighted by atomic mass is 16.5. The van der Waals surface area contributed by atoms with Gasteiger partial charge in [0, 0.05) is 17.2 Å². The number of para-hydroxylation sites is 1. The average Bonchev–Trinajstić information content (AvgIpc) is 2.54. The zero-order valence-corrected chi connectivity index (χ0v) is 12.4. The second kappa shape index (κ2) is 7.07. The molecule has 21 heavy (non-hydrogen) atoms. The Labute approximate surface area is 125 Å². The van der Waals surface area contributed by atoms with Gasteiger partial charge in [-0.05, 0) is 18.9 Å². The maximum Gasteiger partial charge on any atom is 0.337 e. The second-order valence-electron chi connectivity index (χ2n) is 5.34. The summed E-state index contributed by atoms with van der Waals surface area (Å²) >= 11 is 0. The van der Waals surface area contributed by atoms with E-state index in [1.165, 1.54) is 13.5 Å². The molecule has 4 heteroatoms. The number of benzene rings is 1. The first-order chi connectivity index (χ1) is 10.1. The molecule has 2 rings (SSSR count). The predicted molar refractivity (Wildman–Crippen MR) is 82.7 cm³/mol. The Morgan fingerprint density at radius 2 is 1.86 bits per heavy atom. The van der Waals surface area contributed by atoms with Gasteiger partial charge >= 0.3 is 5.97 Å². The second-order valence-corrected chi connectivity index (χ2v) is 5.34. The van der Waals surface area contributed by atoms with E-state index in [-0.39, 0.29) is 17.4 Å². The van der Waals surface area contributed by atoms with Gasteiger partial charge in [-0.2, -0.15) is 0 Å². The summed E-state index contributed by atoms with van der Waals surface area (Å²) in [6.45, 7) is 3.75. The number of methoxy groups -OCH3 is 1.